The Morgan fingerprint density at radius 1 is 0.944 bits per heavy atom. The number of nitro benzene ring substituents is 1. The minimum atomic E-state index is -5.34. The van der Waals surface area contributed by atoms with Gasteiger partial charge in [-0.25, -0.2) is 23.5 Å². The van der Waals surface area contributed by atoms with E-state index < -0.39 is 110 Å². The maximum Gasteiger partial charge on any atom is 0.530 e. The Morgan fingerprint density at radius 2 is 1.59 bits per heavy atom. The van der Waals surface area contributed by atoms with Gasteiger partial charge in [0.25, 0.3) is 5.56 Å². The number of H-pyrrole nitrogens is 1. The lowest BCUT2D eigenvalue weighted by atomic mass is 9.83. The van der Waals surface area contributed by atoms with Crippen molar-refractivity contribution in [1.82, 2.24) is 14.9 Å². The molecule has 3 atom stereocenters. The van der Waals surface area contributed by atoms with Crippen molar-refractivity contribution in [2.45, 2.75) is 51.2 Å². The van der Waals surface area contributed by atoms with E-state index in [1.807, 2.05) is 11.1 Å². The number of amides is 2. The SMILES string of the molecule is CC(=O)Cc1ccc2c(c1)C(=O)c1cc(COC(=O)Nc3ccc([N+](=O)[O-])c(OC(=O)N/C=C\c4cn([C@H]5C[C@@H](OP(=O)(O)O)[C@@H](COP(=O)(OOP(O)O)OOP(O)O)O5)c(=O)[nH]c4=O)c3)ccc1C2. The number of phosphoric ester groups is 1. The van der Waals surface area contributed by atoms with Crippen LogP contribution in [0.2, 0.25) is 0 Å². The summed E-state index contributed by atoms with van der Waals surface area (Å²) in [5.74, 6) is -0.978. The van der Waals surface area contributed by atoms with Crippen LogP contribution in [0.4, 0.5) is 21.0 Å². The summed E-state index contributed by atoms with van der Waals surface area (Å²) >= 11 is 0. The number of rotatable bonds is 21. The molecule has 1 aliphatic heterocycles. The van der Waals surface area contributed by atoms with Crippen LogP contribution < -0.4 is 26.6 Å². The van der Waals surface area contributed by atoms with E-state index in [4.69, 9.17) is 42.8 Å². The van der Waals surface area contributed by atoms with Crippen molar-refractivity contribution in [3.63, 3.8) is 0 Å². The molecule has 2 amide bonds. The number of carbonyl (C=O) groups excluding carboxylic acids is 4. The Kier molecular flexibility index (Phi) is 18.1. The van der Waals surface area contributed by atoms with E-state index in [1.54, 1.807) is 30.3 Å². The molecule has 4 aromatic rings. The number of aromatic nitrogens is 2. The number of hydrogen-bond donors (Lipinski definition) is 9. The zero-order valence-electron chi connectivity index (χ0n) is 35.8. The molecule has 1 aliphatic carbocycles. The number of ether oxygens (including phenoxy) is 3. The molecule has 380 valence electrons. The van der Waals surface area contributed by atoms with Gasteiger partial charge in [0.05, 0.1) is 17.1 Å². The van der Waals surface area contributed by atoms with Crippen LogP contribution in [0.3, 0.4) is 0 Å². The fraction of sp³-hybridized carbons (Fsp3) is 0.243. The number of carbonyl (C=O) groups is 4. The Hall–Kier alpha value is -5.84. The van der Waals surface area contributed by atoms with Crippen molar-refractivity contribution >= 4 is 74.1 Å². The van der Waals surface area contributed by atoms with Crippen LogP contribution in [0, 0.1) is 10.1 Å². The molecule has 1 fully saturated rings. The largest absolute Gasteiger partial charge is 0.530 e. The molecule has 1 saturated heterocycles. The van der Waals surface area contributed by atoms with Gasteiger partial charge in [-0.2, -0.15) is 0 Å². The third kappa shape index (κ3) is 15.3. The van der Waals surface area contributed by atoms with Crippen molar-refractivity contribution in [2.75, 3.05) is 11.9 Å². The minimum absolute atomic E-state index is 0.0568. The summed E-state index contributed by atoms with van der Waals surface area (Å²) in [6.07, 6.45) is -4.73. The van der Waals surface area contributed by atoms with Crippen molar-refractivity contribution in [3.8, 4) is 5.75 Å². The first-order chi connectivity index (χ1) is 33.5. The van der Waals surface area contributed by atoms with Crippen LogP contribution in [0.25, 0.3) is 6.08 Å². The number of aromatic amines is 1. The first-order valence-corrected chi connectivity index (χ1v) is 25.0. The third-order valence-corrected chi connectivity index (χ3v) is 11.8. The number of phosphoric acid groups is 2. The summed E-state index contributed by atoms with van der Waals surface area (Å²) in [4.78, 5) is 144. The fourth-order valence-electron chi connectivity index (χ4n) is 6.78. The summed E-state index contributed by atoms with van der Waals surface area (Å²) in [6, 6.07) is 13.3. The van der Waals surface area contributed by atoms with Crippen molar-refractivity contribution in [1.29, 1.82) is 0 Å². The van der Waals surface area contributed by atoms with Gasteiger partial charge in [0, 0.05) is 54.2 Å². The monoisotopic (exact) mass is 1080 g/mol. The first kappa shape index (κ1) is 54.5. The van der Waals surface area contributed by atoms with Gasteiger partial charge in [0.1, 0.15) is 30.8 Å². The number of nitrogens with zero attached hydrogens (tertiary/aromatic N) is 2. The number of benzene rings is 3. The van der Waals surface area contributed by atoms with Gasteiger partial charge in [0.15, 0.2) is 5.78 Å². The molecule has 34 heteroatoms. The van der Waals surface area contributed by atoms with Crippen molar-refractivity contribution < 1.29 is 105 Å². The predicted octanol–water partition coefficient (Wildman–Crippen LogP) is 3.43. The minimum Gasteiger partial charge on any atom is -0.444 e. The molecule has 0 spiro atoms. The van der Waals surface area contributed by atoms with Crippen LogP contribution in [0.1, 0.15) is 63.3 Å². The lowest BCUT2D eigenvalue weighted by molar-refractivity contribution is -0.385. The van der Waals surface area contributed by atoms with E-state index in [0.29, 0.717) is 33.2 Å². The highest BCUT2D eigenvalue weighted by Gasteiger charge is 2.44. The summed E-state index contributed by atoms with van der Waals surface area (Å²) in [7, 11) is -17.4. The second kappa shape index (κ2) is 23.6. The molecule has 0 unspecified atom stereocenters. The van der Waals surface area contributed by atoms with Gasteiger partial charge in [-0.05, 0) is 59.9 Å². The Bertz CT molecular complexity index is 2940. The smallest absolute Gasteiger partial charge is 0.444 e. The summed E-state index contributed by atoms with van der Waals surface area (Å²) in [5, 5.41) is 16.2. The highest BCUT2D eigenvalue weighted by Crippen LogP contribution is 2.55. The summed E-state index contributed by atoms with van der Waals surface area (Å²) in [6.45, 7) is 0.0494. The molecule has 0 saturated carbocycles. The molecular weight excluding hydrogens is 1040 g/mol. The van der Waals surface area contributed by atoms with Gasteiger partial charge >= 0.3 is 56.4 Å². The number of nitrogens with one attached hydrogen (secondary N) is 3. The molecular formula is C37H37N5O25P4. The zero-order valence-corrected chi connectivity index (χ0v) is 39.4. The van der Waals surface area contributed by atoms with Gasteiger partial charge < -0.3 is 43.6 Å². The highest BCUT2D eigenvalue weighted by molar-refractivity contribution is 7.49. The molecule has 30 nitrogen and oxygen atoms in total. The summed E-state index contributed by atoms with van der Waals surface area (Å²) < 4.78 is 66.8. The van der Waals surface area contributed by atoms with Crippen LogP contribution in [0.15, 0.2) is 76.6 Å². The lowest BCUT2D eigenvalue weighted by Crippen LogP contribution is -2.33. The van der Waals surface area contributed by atoms with E-state index in [9.17, 15) is 57.8 Å². The van der Waals surface area contributed by atoms with Crippen LogP contribution in [-0.2, 0) is 70.6 Å². The normalized spacial score (nSPS) is 16.7. The Morgan fingerprint density at radius 3 is 2.21 bits per heavy atom. The van der Waals surface area contributed by atoms with Crippen LogP contribution in [-0.4, -0.2) is 86.4 Å². The second-order valence-electron chi connectivity index (χ2n) is 14.7. The molecule has 6 rings (SSSR count). The molecule has 1 aromatic heterocycles. The summed E-state index contributed by atoms with van der Waals surface area (Å²) in [5.41, 5.74) is 0.139. The first-order valence-electron chi connectivity index (χ1n) is 19.7. The number of nitro groups is 1. The van der Waals surface area contributed by atoms with E-state index in [-0.39, 0.29) is 30.3 Å². The molecule has 0 bridgehead atoms. The van der Waals surface area contributed by atoms with E-state index in [1.165, 1.54) is 6.92 Å². The average molecular weight is 1080 g/mol. The van der Waals surface area contributed by atoms with Crippen molar-refractivity contribution in [3.05, 3.63) is 137 Å². The van der Waals surface area contributed by atoms with Gasteiger partial charge in [0.2, 0.25) is 5.75 Å². The second-order valence-corrected chi connectivity index (χ2v) is 18.6. The molecule has 2 aliphatic rings. The molecule has 2 heterocycles. The topological polar surface area (TPSA) is 429 Å². The fourth-order valence-corrected chi connectivity index (χ4v) is 8.92. The molecule has 71 heavy (non-hydrogen) atoms. The van der Waals surface area contributed by atoms with E-state index in [2.05, 4.69) is 29.3 Å². The van der Waals surface area contributed by atoms with E-state index in [0.717, 1.165) is 47.8 Å². The number of anilines is 1. The van der Waals surface area contributed by atoms with Gasteiger partial charge in [-0.3, -0.25) is 53.7 Å². The van der Waals surface area contributed by atoms with E-state index >= 15 is 0 Å². The molecule has 3 aromatic carbocycles. The highest BCUT2D eigenvalue weighted by atomic mass is 31.2. The molecule has 0 radical (unpaired) electrons. The number of fused-ring (bicyclic) bond motifs is 2. The van der Waals surface area contributed by atoms with Crippen molar-refractivity contribution in [2.24, 2.45) is 0 Å². The predicted molar refractivity (Wildman–Crippen MR) is 236 cm³/mol. The Balaban J connectivity index is 1.08. The number of Topliss-reactive ketones (excluding diaryl/α,β-unsaturated/α-hetero) is 1. The van der Waals surface area contributed by atoms with Crippen LogP contribution >= 0.6 is 32.9 Å². The Labute approximate surface area is 398 Å². The van der Waals surface area contributed by atoms with Crippen LogP contribution in [0.5, 0.6) is 5.75 Å². The lowest BCUT2D eigenvalue weighted by Gasteiger charge is -2.21. The maximum atomic E-state index is 13.4. The number of hydrogen-bond acceptors (Lipinski definition) is 23. The maximum absolute atomic E-state index is 13.4. The third-order valence-electron chi connectivity index (χ3n) is 9.65. The quantitative estimate of drug-likeness (QED) is 0.0220. The van der Waals surface area contributed by atoms with Gasteiger partial charge in [-0.1, -0.05) is 24.3 Å². The zero-order chi connectivity index (χ0) is 51.8. The average Bonchev–Trinajstić information content (AvgIpc) is 3.67. The number of ketones is 2. The standard InChI is InChI=1S/C37H37N5O25P4/c1-19(43)10-20-2-4-22-13-23-5-3-21(12-27(23)33(44)26(22)11-20)17-59-37(48)39-25-6-7-28(42(49)50)29(14-25)62-36(47)38-9-8-24-16-41(35(46)40-34(24)45)32-15-30(63-70(55,56)57)31(61-32)18-60-71(58,66-64-68(51)52)67-65-69(53)54/h2-9,11-12,14,16,30-32,51-54H,10,13,15,17-18H2,1H3,(H,38,47)(H,39,48)(H,40,45,46)(H2,55,56,57)/b9-8-/t30-,31-,32-/m1/s1. The van der Waals surface area contributed by atoms with Gasteiger partial charge in [-0.15, -0.1) is 18.7 Å². The molecule has 9 N–H and O–H groups in total.